The molecular weight excluding hydrogens is 376 g/mol. The van der Waals surface area contributed by atoms with Gasteiger partial charge in [0.2, 0.25) is 5.88 Å². The van der Waals surface area contributed by atoms with Gasteiger partial charge in [-0.25, -0.2) is 4.98 Å². The van der Waals surface area contributed by atoms with Gasteiger partial charge in [-0.15, -0.1) is 0 Å². The van der Waals surface area contributed by atoms with Crippen molar-refractivity contribution in [3.63, 3.8) is 0 Å². The maximum atomic E-state index is 12.2. The molecule has 0 atom stereocenters. The van der Waals surface area contributed by atoms with Crippen LogP contribution in [0.2, 0.25) is 5.02 Å². The highest BCUT2D eigenvalue weighted by Gasteiger charge is 2.24. The molecule has 0 radical (unpaired) electrons. The molecule has 0 bridgehead atoms. The predicted molar refractivity (Wildman–Crippen MR) is 110 cm³/mol. The molecule has 6 heteroatoms. The minimum atomic E-state index is -0.0864. The molecule has 1 heterocycles. The summed E-state index contributed by atoms with van der Waals surface area (Å²) in [5.41, 5.74) is 1.25. The number of ether oxygens (including phenoxy) is 2. The van der Waals surface area contributed by atoms with Crippen molar-refractivity contribution in [1.82, 2.24) is 10.3 Å². The first-order valence-electron chi connectivity index (χ1n) is 9.80. The molecule has 3 rings (SSSR count). The van der Waals surface area contributed by atoms with Gasteiger partial charge in [-0.05, 0) is 55.4 Å². The number of benzene rings is 1. The monoisotopic (exact) mass is 402 g/mol. The van der Waals surface area contributed by atoms with Crippen LogP contribution in [0.15, 0.2) is 42.6 Å². The Morgan fingerprint density at radius 2 is 1.86 bits per heavy atom. The number of nitrogens with one attached hydrogen (secondary N) is 1. The van der Waals surface area contributed by atoms with Crippen molar-refractivity contribution in [1.29, 1.82) is 0 Å². The van der Waals surface area contributed by atoms with E-state index in [1.807, 2.05) is 24.3 Å². The van der Waals surface area contributed by atoms with Gasteiger partial charge in [0.25, 0.3) is 5.91 Å². The standard InChI is InChI=1S/C22H27ClN2O3/c1-15(2)16-3-8-19(9-4-16)27-14-21(26)25-18-6-10-20(11-7-18)28-22-12-5-17(23)13-24-22/h3-5,8-9,12-13,15,18,20H,6-7,10-11,14H2,1-2H3,(H,25,26). The minimum absolute atomic E-state index is 0.0339. The highest BCUT2D eigenvalue weighted by Crippen LogP contribution is 2.23. The number of carbonyl (C=O) groups excluding carboxylic acids is 1. The average Bonchev–Trinajstić information content (AvgIpc) is 2.70. The smallest absolute Gasteiger partial charge is 0.258 e. The highest BCUT2D eigenvalue weighted by molar-refractivity contribution is 6.30. The maximum Gasteiger partial charge on any atom is 0.258 e. The Bertz CT molecular complexity index is 754. The lowest BCUT2D eigenvalue weighted by Crippen LogP contribution is -2.41. The number of halogens is 1. The highest BCUT2D eigenvalue weighted by atomic mass is 35.5. The fourth-order valence-electron chi connectivity index (χ4n) is 3.29. The molecule has 0 saturated heterocycles. The third kappa shape index (κ3) is 6.13. The Labute approximate surface area is 171 Å². The van der Waals surface area contributed by atoms with Crippen LogP contribution in [-0.2, 0) is 4.79 Å². The van der Waals surface area contributed by atoms with E-state index in [4.69, 9.17) is 21.1 Å². The van der Waals surface area contributed by atoms with E-state index in [1.165, 1.54) is 5.56 Å². The van der Waals surface area contributed by atoms with Crippen molar-refractivity contribution >= 4 is 17.5 Å². The molecule has 1 fully saturated rings. The van der Waals surface area contributed by atoms with Gasteiger partial charge in [-0.3, -0.25) is 4.79 Å². The summed E-state index contributed by atoms with van der Waals surface area (Å²) in [5.74, 6) is 1.70. The minimum Gasteiger partial charge on any atom is -0.484 e. The third-order valence-electron chi connectivity index (χ3n) is 4.94. The van der Waals surface area contributed by atoms with Crippen LogP contribution in [-0.4, -0.2) is 29.6 Å². The van der Waals surface area contributed by atoms with Gasteiger partial charge in [0.15, 0.2) is 6.61 Å². The van der Waals surface area contributed by atoms with Crippen LogP contribution in [0.5, 0.6) is 11.6 Å². The number of hydrogen-bond acceptors (Lipinski definition) is 4. The number of hydrogen-bond donors (Lipinski definition) is 1. The Hall–Kier alpha value is -2.27. The third-order valence-corrected chi connectivity index (χ3v) is 5.17. The van der Waals surface area contributed by atoms with Crippen LogP contribution < -0.4 is 14.8 Å². The molecule has 2 aromatic rings. The zero-order valence-electron chi connectivity index (χ0n) is 16.4. The Morgan fingerprint density at radius 1 is 1.14 bits per heavy atom. The molecule has 1 aliphatic rings. The normalized spacial score (nSPS) is 19.3. The van der Waals surface area contributed by atoms with Gasteiger partial charge in [0, 0.05) is 18.3 Å². The van der Waals surface area contributed by atoms with Gasteiger partial charge < -0.3 is 14.8 Å². The van der Waals surface area contributed by atoms with Crippen molar-refractivity contribution in [3.05, 3.63) is 53.2 Å². The molecule has 0 aliphatic heterocycles. The Kier molecular flexibility index (Phi) is 7.15. The average molecular weight is 403 g/mol. The van der Waals surface area contributed by atoms with Crippen molar-refractivity contribution in [2.24, 2.45) is 0 Å². The van der Waals surface area contributed by atoms with Gasteiger partial charge in [-0.1, -0.05) is 37.6 Å². The number of amides is 1. The predicted octanol–water partition coefficient (Wildman–Crippen LogP) is 4.74. The largest absolute Gasteiger partial charge is 0.484 e. The van der Waals surface area contributed by atoms with E-state index in [-0.39, 0.29) is 24.7 Å². The molecule has 1 aliphatic carbocycles. The van der Waals surface area contributed by atoms with E-state index in [1.54, 1.807) is 18.3 Å². The van der Waals surface area contributed by atoms with E-state index < -0.39 is 0 Å². The summed E-state index contributed by atoms with van der Waals surface area (Å²) in [6, 6.07) is 11.6. The van der Waals surface area contributed by atoms with Crippen LogP contribution in [0.25, 0.3) is 0 Å². The zero-order chi connectivity index (χ0) is 19.9. The summed E-state index contributed by atoms with van der Waals surface area (Å²) in [6.45, 7) is 4.33. The number of rotatable bonds is 7. The second-order valence-electron chi connectivity index (χ2n) is 7.49. The summed E-state index contributed by atoms with van der Waals surface area (Å²) < 4.78 is 11.5. The molecule has 28 heavy (non-hydrogen) atoms. The van der Waals surface area contributed by atoms with Gasteiger partial charge in [-0.2, -0.15) is 0 Å². The zero-order valence-corrected chi connectivity index (χ0v) is 17.1. The van der Waals surface area contributed by atoms with Gasteiger partial charge in [0.05, 0.1) is 5.02 Å². The Balaban J connectivity index is 1.37. The molecule has 1 aromatic heterocycles. The van der Waals surface area contributed by atoms with Crippen molar-refractivity contribution in [2.45, 2.75) is 57.6 Å². The molecular formula is C22H27ClN2O3. The molecule has 0 spiro atoms. The van der Waals surface area contributed by atoms with E-state index in [0.29, 0.717) is 22.6 Å². The maximum absolute atomic E-state index is 12.2. The summed E-state index contributed by atoms with van der Waals surface area (Å²) in [7, 11) is 0. The summed E-state index contributed by atoms with van der Waals surface area (Å²) in [6.07, 6.45) is 5.23. The van der Waals surface area contributed by atoms with Crippen LogP contribution in [0.1, 0.15) is 51.0 Å². The summed E-state index contributed by atoms with van der Waals surface area (Å²) in [4.78, 5) is 16.3. The molecule has 1 aromatic carbocycles. The van der Waals surface area contributed by atoms with Crippen LogP contribution in [0.3, 0.4) is 0 Å². The first-order chi connectivity index (χ1) is 13.5. The van der Waals surface area contributed by atoms with Gasteiger partial charge >= 0.3 is 0 Å². The second-order valence-corrected chi connectivity index (χ2v) is 7.92. The van der Waals surface area contributed by atoms with Crippen molar-refractivity contribution < 1.29 is 14.3 Å². The SMILES string of the molecule is CC(C)c1ccc(OCC(=O)NC2CCC(Oc3ccc(Cl)cn3)CC2)cc1. The van der Waals surface area contributed by atoms with E-state index in [0.717, 1.165) is 25.7 Å². The van der Waals surface area contributed by atoms with Crippen molar-refractivity contribution in [2.75, 3.05) is 6.61 Å². The number of aromatic nitrogens is 1. The molecule has 1 N–H and O–H groups in total. The first kappa shape index (κ1) is 20.5. The first-order valence-corrected chi connectivity index (χ1v) is 10.2. The van der Waals surface area contributed by atoms with Crippen molar-refractivity contribution in [3.8, 4) is 11.6 Å². The van der Waals surface area contributed by atoms with Crippen LogP contribution >= 0.6 is 11.6 Å². The lowest BCUT2D eigenvalue weighted by molar-refractivity contribution is -0.124. The van der Waals surface area contributed by atoms with Gasteiger partial charge in [0.1, 0.15) is 11.9 Å². The molecule has 1 amide bonds. The molecule has 1 saturated carbocycles. The number of carbonyl (C=O) groups is 1. The van der Waals surface area contributed by atoms with E-state index >= 15 is 0 Å². The number of pyridine rings is 1. The summed E-state index contributed by atoms with van der Waals surface area (Å²) >= 11 is 5.84. The second kappa shape index (κ2) is 9.78. The topological polar surface area (TPSA) is 60.5 Å². The van der Waals surface area contributed by atoms with Crippen LogP contribution in [0.4, 0.5) is 0 Å². The lowest BCUT2D eigenvalue weighted by Gasteiger charge is -2.29. The van der Waals surface area contributed by atoms with E-state index in [2.05, 4.69) is 24.1 Å². The van der Waals surface area contributed by atoms with E-state index in [9.17, 15) is 4.79 Å². The fraction of sp³-hybridized carbons (Fsp3) is 0.455. The summed E-state index contributed by atoms with van der Waals surface area (Å²) in [5, 5.41) is 3.65. The molecule has 150 valence electrons. The van der Waals surface area contributed by atoms with Crippen LogP contribution in [0, 0.1) is 0 Å². The molecule has 0 unspecified atom stereocenters. The molecule has 5 nitrogen and oxygen atoms in total. The quantitative estimate of drug-likeness (QED) is 0.726. The fourth-order valence-corrected chi connectivity index (χ4v) is 3.41. The lowest BCUT2D eigenvalue weighted by atomic mass is 9.93. The number of nitrogens with zero attached hydrogens (tertiary/aromatic N) is 1. The Morgan fingerprint density at radius 3 is 2.46 bits per heavy atom.